The smallest absolute Gasteiger partial charge is 0.411 e. The second kappa shape index (κ2) is 6.21. The first-order valence-corrected chi connectivity index (χ1v) is 6.14. The van der Waals surface area contributed by atoms with E-state index in [4.69, 9.17) is 14.7 Å². The van der Waals surface area contributed by atoms with Crippen molar-refractivity contribution in [3.8, 4) is 6.07 Å². The Balaban J connectivity index is 1.91. The highest BCUT2D eigenvalue weighted by atomic mass is 16.6. The maximum absolute atomic E-state index is 11.9. The van der Waals surface area contributed by atoms with Crippen LogP contribution < -0.4 is 0 Å². The second-order valence-corrected chi connectivity index (χ2v) is 4.43. The molecule has 0 spiro atoms. The first kappa shape index (κ1) is 13.4. The Kier molecular flexibility index (Phi) is 4.37. The summed E-state index contributed by atoms with van der Waals surface area (Å²) < 4.78 is 10.4. The summed E-state index contributed by atoms with van der Waals surface area (Å²) >= 11 is 0. The minimum absolute atomic E-state index is 0.0890. The van der Waals surface area contributed by atoms with Gasteiger partial charge in [0.15, 0.2) is 0 Å². The monoisotopic (exact) mass is 260 g/mol. The maximum Gasteiger partial charge on any atom is 0.411 e. The van der Waals surface area contributed by atoms with Crippen molar-refractivity contribution in [3.63, 3.8) is 0 Å². The molecule has 1 heterocycles. The number of nitriles is 1. The predicted octanol–water partition coefficient (Wildman–Crippen LogP) is 1.94. The molecule has 5 nitrogen and oxygen atoms in total. The van der Waals surface area contributed by atoms with E-state index in [9.17, 15) is 4.79 Å². The SMILES string of the molecule is CO[C@@H]1C[C@@H](C#N)N(C(=O)OCc2ccccc2)C1. The zero-order valence-electron chi connectivity index (χ0n) is 10.8. The van der Waals surface area contributed by atoms with Crippen molar-refractivity contribution in [2.75, 3.05) is 13.7 Å². The van der Waals surface area contributed by atoms with Gasteiger partial charge in [-0.1, -0.05) is 30.3 Å². The molecule has 0 radical (unpaired) electrons. The number of carbonyl (C=O) groups excluding carboxylic acids is 1. The number of amides is 1. The molecule has 0 unspecified atom stereocenters. The van der Waals surface area contributed by atoms with Crippen LogP contribution in [0.2, 0.25) is 0 Å². The number of nitrogens with zero attached hydrogens (tertiary/aromatic N) is 2. The lowest BCUT2D eigenvalue weighted by molar-refractivity contribution is 0.0826. The van der Waals surface area contributed by atoms with Crippen molar-refractivity contribution >= 4 is 6.09 Å². The van der Waals surface area contributed by atoms with Gasteiger partial charge in [0, 0.05) is 13.5 Å². The van der Waals surface area contributed by atoms with Crippen molar-refractivity contribution in [1.29, 1.82) is 5.26 Å². The molecule has 19 heavy (non-hydrogen) atoms. The van der Waals surface area contributed by atoms with Crippen molar-refractivity contribution in [2.24, 2.45) is 0 Å². The van der Waals surface area contributed by atoms with E-state index in [-0.39, 0.29) is 12.7 Å². The molecule has 1 fully saturated rings. The molecule has 5 heteroatoms. The van der Waals surface area contributed by atoms with Crippen molar-refractivity contribution < 1.29 is 14.3 Å². The lowest BCUT2D eigenvalue weighted by atomic mass is 10.2. The van der Waals surface area contributed by atoms with Crippen molar-refractivity contribution in [3.05, 3.63) is 35.9 Å². The van der Waals surface area contributed by atoms with Crippen LogP contribution in [0.25, 0.3) is 0 Å². The summed E-state index contributed by atoms with van der Waals surface area (Å²) in [6, 6.07) is 11.1. The second-order valence-electron chi connectivity index (χ2n) is 4.43. The molecule has 1 aliphatic rings. The first-order valence-electron chi connectivity index (χ1n) is 6.14. The minimum Gasteiger partial charge on any atom is -0.445 e. The molecule has 0 aliphatic carbocycles. The highest BCUT2D eigenvalue weighted by Crippen LogP contribution is 2.20. The number of ether oxygens (including phenoxy) is 2. The van der Waals surface area contributed by atoms with Crippen LogP contribution in [0.15, 0.2) is 30.3 Å². The zero-order valence-corrected chi connectivity index (χ0v) is 10.8. The Morgan fingerprint density at radius 3 is 2.84 bits per heavy atom. The summed E-state index contributed by atoms with van der Waals surface area (Å²) in [5, 5.41) is 9.03. The van der Waals surface area contributed by atoms with Gasteiger partial charge in [-0.3, -0.25) is 4.90 Å². The third-order valence-corrected chi connectivity index (χ3v) is 3.18. The van der Waals surface area contributed by atoms with E-state index in [1.165, 1.54) is 4.90 Å². The van der Waals surface area contributed by atoms with Gasteiger partial charge in [-0.05, 0) is 5.56 Å². The summed E-state index contributed by atoms with van der Waals surface area (Å²) in [6.07, 6.45) is -0.0168. The van der Waals surface area contributed by atoms with Gasteiger partial charge in [-0.15, -0.1) is 0 Å². The van der Waals surface area contributed by atoms with Crippen molar-refractivity contribution in [1.82, 2.24) is 4.90 Å². The molecule has 1 aliphatic heterocycles. The molecule has 1 saturated heterocycles. The fourth-order valence-electron chi connectivity index (χ4n) is 2.09. The van der Waals surface area contributed by atoms with E-state index in [2.05, 4.69) is 6.07 Å². The predicted molar refractivity (Wildman–Crippen MR) is 68.1 cm³/mol. The van der Waals surface area contributed by atoms with Gasteiger partial charge >= 0.3 is 6.09 Å². The highest BCUT2D eigenvalue weighted by molar-refractivity contribution is 5.69. The van der Waals surface area contributed by atoms with Crippen LogP contribution in [0.5, 0.6) is 0 Å². The van der Waals surface area contributed by atoms with E-state index < -0.39 is 12.1 Å². The summed E-state index contributed by atoms with van der Waals surface area (Å²) in [5.74, 6) is 0. The molecule has 0 bridgehead atoms. The molecule has 1 amide bonds. The van der Waals surface area contributed by atoms with Crippen LogP contribution in [0.3, 0.4) is 0 Å². The molecule has 100 valence electrons. The Bertz CT molecular complexity index is 469. The lowest BCUT2D eigenvalue weighted by Gasteiger charge is -2.18. The standard InChI is InChI=1S/C14H16N2O3/c1-18-13-7-12(8-15)16(9-13)14(17)19-10-11-5-3-2-4-6-11/h2-6,12-13H,7,9-10H2,1H3/t12-,13+/m0/s1. The average molecular weight is 260 g/mol. The number of hydrogen-bond acceptors (Lipinski definition) is 4. The average Bonchev–Trinajstić information content (AvgIpc) is 2.89. The van der Waals surface area contributed by atoms with Crippen LogP contribution in [0, 0.1) is 11.3 Å². The van der Waals surface area contributed by atoms with Gasteiger partial charge in [0.1, 0.15) is 12.6 Å². The van der Waals surface area contributed by atoms with E-state index in [1.807, 2.05) is 30.3 Å². The van der Waals surface area contributed by atoms with Gasteiger partial charge < -0.3 is 9.47 Å². The Morgan fingerprint density at radius 1 is 1.47 bits per heavy atom. The van der Waals surface area contributed by atoms with Crippen molar-refractivity contribution in [2.45, 2.75) is 25.2 Å². The maximum atomic E-state index is 11.9. The van der Waals surface area contributed by atoms with Crippen LogP contribution in [-0.2, 0) is 16.1 Å². The number of rotatable bonds is 3. The summed E-state index contributed by atoms with van der Waals surface area (Å²) in [6.45, 7) is 0.619. The fourth-order valence-corrected chi connectivity index (χ4v) is 2.09. The van der Waals surface area contributed by atoms with Crippen LogP contribution in [-0.4, -0.2) is 36.8 Å². The van der Waals surface area contributed by atoms with E-state index in [0.717, 1.165) is 5.56 Å². The topological polar surface area (TPSA) is 62.6 Å². The van der Waals surface area contributed by atoms with Gasteiger partial charge in [0.05, 0.1) is 18.7 Å². The molecule has 1 aromatic rings. The van der Waals surface area contributed by atoms with Gasteiger partial charge in [0.25, 0.3) is 0 Å². The first-order chi connectivity index (χ1) is 9.24. The largest absolute Gasteiger partial charge is 0.445 e. The molecular formula is C14H16N2O3. The van der Waals surface area contributed by atoms with Crippen LogP contribution >= 0.6 is 0 Å². The molecule has 2 atom stereocenters. The Hall–Kier alpha value is -2.06. The Morgan fingerprint density at radius 2 is 2.21 bits per heavy atom. The van der Waals surface area contributed by atoms with Crippen LogP contribution in [0.1, 0.15) is 12.0 Å². The number of hydrogen-bond donors (Lipinski definition) is 0. The van der Waals surface area contributed by atoms with E-state index in [1.54, 1.807) is 7.11 Å². The van der Waals surface area contributed by atoms with Gasteiger partial charge in [-0.25, -0.2) is 4.79 Å². The Labute approximate surface area is 112 Å². The van der Waals surface area contributed by atoms with Gasteiger partial charge in [0.2, 0.25) is 0 Å². The quantitative estimate of drug-likeness (QED) is 0.833. The fraction of sp³-hybridized carbons (Fsp3) is 0.429. The zero-order chi connectivity index (χ0) is 13.7. The minimum atomic E-state index is -0.465. The molecule has 0 aromatic heterocycles. The third-order valence-electron chi connectivity index (χ3n) is 3.18. The number of carbonyl (C=O) groups is 1. The molecule has 0 saturated carbocycles. The van der Waals surface area contributed by atoms with E-state index in [0.29, 0.717) is 13.0 Å². The number of benzene rings is 1. The molecule has 0 N–H and O–H groups in total. The molecule has 2 rings (SSSR count). The molecule has 1 aromatic carbocycles. The summed E-state index contributed by atoms with van der Waals surface area (Å²) in [7, 11) is 1.58. The van der Waals surface area contributed by atoms with Gasteiger partial charge in [-0.2, -0.15) is 5.26 Å². The van der Waals surface area contributed by atoms with E-state index >= 15 is 0 Å². The lowest BCUT2D eigenvalue weighted by Crippen LogP contribution is -2.35. The normalized spacial score (nSPS) is 22.0. The highest BCUT2D eigenvalue weighted by Gasteiger charge is 2.36. The third kappa shape index (κ3) is 3.24. The number of methoxy groups -OCH3 is 1. The molecular weight excluding hydrogens is 244 g/mol. The summed E-state index contributed by atoms with van der Waals surface area (Å²) in [4.78, 5) is 13.4. The van der Waals surface area contributed by atoms with Crippen LogP contribution in [0.4, 0.5) is 4.79 Å². The summed E-state index contributed by atoms with van der Waals surface area (Å²) in [5.41, 5.74) is 0.923. The number of likely N-dealkylation sites (tertiary alicyclic amines) is 1.